The number of hydrogen-bond donors (Lipinski definition) is 5. The summed E-state index contributed by atoms with van der Waals surface area (Å²) in [5.74, 6) is -0.0200. The molecule has 3 heterocycles. The minimum atomic E-state index is -1.40. The van der Waals surface area contributed by atoms with Gasteiger partial charge in [-0.25, -0.2) is 14.3 Å². The molecular weight excluding hydrogens is 397 g/mol. The highest BCUT2D eigenvalue weighted by molar-refractivity contribution is 14.1. The number of nitrogens with two attached hydrogens (primary N) is 1. The monoisotopic (exact) mass is 409 g/mol. The topological polar surface area (TPSA) is 160 Å². The standard InChI is InChI=1S/C10H12IN5O5/c11-9-13-3-6(12)14-10(20)16(7(3)15-9)8-5(19)4(18)2(1-17)21-8/h2,4-5,8,17-19H,1H2,(H,13,15)(H2,12,14,20)/t2-,4-,5-,8+/m0/s1. The molecular formula is C10H12IN5O5. The maximum absolute atomic E-state index is 12.1. The van der Waals surface area contributed by atoms with E-state index in [0.29, 0.717) is 9.35 Å². The lowest BCUT2D eigenvalue weighted by Gasteiger charge is -2.17. The second-order valence-corrected chi connectivity index (χ2v) is 5.63. The van der Waals surface area contributed by atoms with Gasteiger partial charge in [-0.3, -0.25) is 0 Å². The van der Waals surface area contributed by atoms with Crippen molar-refractivity contribution in [1.29, 1.82) is 0 Å². The third kappa shape index (κ3) is 2.20. The second-order valence-electron chi connectivity index (χ2n) is 4.60. The molecule has 0 aliphatic carbocycles. The molecule has 21 heavy (non-hydrogen) atoms. The highest BCUT2D eigenvalue weighted by Crippen LogP contribution is 2.30. The first-order valence-corrected chi connectivity index (χ1v) is 7.07. The molecule has 114 valence electrons. The van der Waals surface area contributed by atoms with Gasteiger partial charge in [-0.05, 0) is 22.6 Å². The van der Waals surface area contributed by atoms with Gasteiger partial charge < -0.3 is 30.8 Å². The van der Waals surface area contributed by atoms with Gasteiger partial charge in [0.25, 0.3) is 0 Å². The largest absolute Gasteiger partial charge is 0.394 e. The van der Waals surface area contributed by atoms with Gasteiger partial charge in [0.2, 0.25) is 0 Å². The van der Waals surface area contributed by atoms with E-state index in [1.807, 2.05) is 22.6 Å². The Kier molecular flexibility index (Phi) is 3.61. The Labute approximate surface area is 130 Å². The van der Waals surface area contributed by atoms with E-state index in [4.69, 9.17) is 15.6 Å². The SMILES string of the molecule is Nc1nc(=O)n([C@@H]2O[C@@H](CO)[C@H](O)[C@@H]2O)c2nc(I)[nH]c12. The average molecular weight is 409 g/mol. The average Bonchev–Trinajstić information content (AvgIpc) is 2.94. The number of nitrogens with zero attached hydrogens (tertiary/aromatic N) is 3. The lowest BCUT2D eigenvalue weighted by molar-refractivity contribution is -0.0529. The Balaban J connectivity index is 2.19. The predicted octanol–water partition coefficient (Wildman–Crippen LogP) is -2.08. The van der Waals surface area contributed by atoms with Crippen molar-refractivity contribution in [3.05, 3.63) is 14.3 Å². The highest BCUT2D eigenvalue weighted by atomic mass is 127. The molecule has 0 spiro atoms. The van der Waals surface area contributed by atoms with Crippen molar-refractivity contribution in [2.45, 2.75) is 24.5 Å². The number of aliphatic hydroxyl groups is 3. The summed E-state index contributed by atoms with van der Waals surface area (Å²) in [4.78, 5) is 22.7. The molecule has 1 aliphatic heterocycles. The molecule has 2 aromatic heterocycles. The number of nitrogens with one attached hydrogen (secondary N) is 1. The van der Waals surface area contributed by atoms with Crippen LogP contribution in [0.2, 0.25) is 0 Å². The van der Waals surface area contributed by atoms with E-state index in [-0.39, 0.29) is 11.5 Å². The van der Waals surface area contributed by atoms with Crippen molar-refractivity contribution in [1.82, 2.24) is 19.5 Å². The van der Waals surface area contributed by atoms with Gasteiger partial charge in [0.05, 0.1) is 6.61 Å². The Bertz CT molecular complexity index is 745. The fraction of sp³-hybridized carbons (Fsp3) is 0.500. The Morgan fingerprint density at radius 2 is 2.10 bits per heavy atom. The van der Waals surface area contributed by atoms with Crippen molar-refractivity contribution in [3.8, 4) is 0 Å². The first-order chi connectivity index (χ1) is 9.93. The van der Waals surface area contributed by atoms with Crippen LogP contribution in [-0.4, -0.2) is 59.8 Å². The van der Waals surface area contributed by atoms with Crippen LogP contribution >= 0.6 is 22.6 Å². The van der Waals surface area contributed by atoms with Crippen molar-refractivity contribution in [2.24, 2.45) is 0 Å². The van der Waals surface area contributed by atoms with Gasteiger partial charge in [0.15, 0.2) is 21.5 Å². The summed E-state index contributed by atoms with van der Waals surface area (Å²) in [7, 11) is 0. The van der Waals surface area contributed by atoms with Crippen LogP contribution in [0.15, 0.2) is 4.79 Å². The number of hydrogen-bond acceptors (Lipinski definition) is 8. The molecule has 6 N–H and O–H groups in total. The van der Waals surface area contributed by atoms with Crippen LogP contribution in [0.4, 0.5) is 5.82 Å². The van der Waals surface area contributed by atoms with Gasteiger partial charge in [-0.2, -0.15) is 4.98 Å². The van der Waals surface area contributed by atoms with E-state index >= 15 is 0 Å². The molecule has 0 aromatic carbocycles. The molecule has 0 amide bonds. The lowest BCUT2D eigenvalue weighted by atomic mass is 10.1. The van der Waals surface area contributed by atoms with Gasteiger partial charge in [0, 0.05) is 0 Å². The number of anilines is 1. The highest BCUT2D eigenvalue weighted by Gasteiger charge is 2.44. The maximum atomic E-state index is 12.1. The molecule has 4 atom stereocenters. The minimum Gasteiger partial charge on any atom is -0.394 e. The summed E-state index contributed by atoms with van der Waals surface area (Å²) >= 11 is 1.90. The summed E-state index contributed by atoms with van der Waals surface area (Å²) in [6, 6.07) is 0. The number of aliphatic hydroxyl groups excluding tert-OH is 3. The Morgan fingerprint density at radius 3 is 2.71 bits per heavy atom. The fourth-order valence-corrected chi connectivity index (χ4v) is 2.81. The van der Waals surface area contributed by atoms with E-state index < -0.39 is 36.8 Å². The van der Waals surface area contributed by atoms with E-state index in [1.165, 1.54) is 0 Å². The Hall–Kier alpha value is -1.28. The van der Waals surface area contributed by atoms with Crippen LogP contribution in [0.5, 0.6) is 0 Å². The van der Waals surface area contributed by atoms with Crippen LogP contribution in [-0.2, 0) is 4.74 Å². The number of H-pyrrole nitrogens is 1. The van der Waals surface area contributed by atoms with E-state index in [1.54, 1.807) is 0 Å². The number of fused-ring (bicyclic) bond motifs is 1. The summed E-state index contributed by atoms with van der Waals surface area (Å²) < 4.78 is 6.82. The third-order valence-corrected chi connectivity index (χ3v) is 3.84. The molecule has 0 saturated carbocycles. The van der Waals surface area contributed by atoms with Gasteiger partial charge in [-0.1, -0.05) is 0 Å². The molecule has 0 radical (unpaired) electrons. The van der Waals surface area contributed by atoms with Crippen LogP contribution in [0, 0.1) is 3.83 Å². The summed E-state index contributed by atoms with van der Waals surface area (Å²) in [5, 5.41) is 28.9. The summed E-state index contributed by atoms with van der Waals surface area (Å²) in [5.41, 5.74) is 5.38. The van der Waals surface area contributed by atoms with Gasteiger partial charge in [0.1, 0.15) is 23.8 Å². The smallest absolute Gasteiger partial charge is 0.353 e. The molecule has 1 fully saturated rings. The number of imidazole rings is 1. The van der Waals surface area contributed by atoms with Gasteiger partial charge >= 0.3 is 5.69 Å². The molecule has 0 bridgehead atoms. The van der Waals surface area contributed by atoms with Crippen LogP contribution in [0.25, 0.3) is 11.2 Å². The van der Waals surface area contributed by atoms with E-state index in [9.17, 15) is 15.0 Å². The molecule has 1 saturated heterocycles. The molecule has 1 aliphatic rings. The summed E-state index contributed by atoms with van der Waals surface area (Å²) in [6.45, 7) is -0.493. The lowest BCUT2D eigenvalue weighted by Crippen LogP contribution is -2.36. The molecule has 0 unspecified atom stereocenters. The second kappa shape index (κ2) is 5.17. The minimum absolute atomic E-state index is 0.0200. The molecule has 3 rings (SSSR count). The number of aromatic amines is 1. The van der Waals surface area contributed by atoms with E-state index in [0.717, 1.165) is 4.57 Å². The van der Waals surface area contributed by atoms with Gasteiger partial charge in [-0.15, -0.1) is 0 Å². The summed E-state index contributed by atoms with van der Waals surface area (Å²) in [6.07, 6.45) is -4.93. The predicted molar refractivity (Wildman–Crippen MR) is 78.3 cm³/mol. The van der Waals surface area contributed by atoms with Crippen molar-refractivity contribution >= 4 is 39.6 Å². The maximum Gasteiger partial charge on any atom is 0.353 e. The number of rotatable bonds is 2. The van der Waals surface area contributed by atoms with Crippen LogP contribution in [0.1, 0.15) is 6.23 Å². The quantitative estimate of drug-likeness (QED) is 0.279. The number of aromatic nitrogens is 4. The van der Waals surface area contributed by atoms with Crippen molar-refractivity contribution in [2.75, 3.05) is 12.3 Å². The molecule has 10 nitrogen and oxygen atoms in total. The number of nitrogen functional groups attached to an aromatic ring is 1. The molecule has 11 heteroatoms. The van der Waals surface area contributed by atoms with Crippen LogP contribution in [0.3, 0.4) is 0 Å². The third-order valence-electron chi connectivity index (χ3n) is 3.33. The first-order valence-electron chi connectivity index (χ1n) is 5.99. The van der Waals surface area contributed by atoms with Crippen molar-refractivity contribution in [3.63, 3.8) is 0 Å². The number of ether oxygens (including phenoxy) is 1. The number of halogens is 1. The normalized spacial score (nSPS) is 29.3. The van der Waals surface area contributed by atoms with Crippen LogP contribution < -0.4 is 11.4 Å². The zero-order valence-electron chi connectivity index (χ0n) is 10.5. The van der Waals surface area contributed by atoms with E-state index in [2.05, 4.69) is 15.0 Å². The first kappa shape index (κ1) is 14.6. The fourth-order valence-electron chi connectivity index (χ4n) is 2.31. The Morgan fingerprint density at radius 1 is 1.38 bits per heavy atom. The zero-order valence-corrected chi connectivity index (χ0v) is 12.6. The molecule has 2 aromatic rings. The van der Waals surface area contributed by atoms with Crippen molar-refractivity contribution < 1.29 is 20.1 Å². The zero-order chi connectivity index (χ0) is 15.3.